The van der Waals surface area contributed by atoms with Crippen LogP contribution in [0.5, 0.6) is 0 Å². The Hall–Kier alpha value is -2.18. The monoisotopic (exact) mass is 274 g/mol. The van der Waals surface area contributed by atoms with Crippen LogP contribution < -0.4 is 4.90 Å². The van der Waals surface area contributed by atoms with E-state index < -0.39 is 0 Å². The van der Waals surface area contributed by atoms with E-state index in [4.69, 9.17) is 0 Å². The molecule has 0 bridgehead atoms. The van der Waals surface area contributed by atoms with Crippen LogP contribution in [0.1, 0.15) is 13.8 Å². The minimum Gasteiger partial charge on any atom is -0.351 e. The zero-order chi connectivity index (χ0) is 14.3. The molecule has 2 aromatic rings. The number of fused-ring (bicyclic) bond motifs is 1. The summed E-state index contributed by atoms with van der Waals surface area (Å²) in [5.41, 5.74) is 0.734. The highest BCUT2D eigenvalue weighted by Gasteiger charge is 2.33. The van der Waals surface area contributed by atoms with E-state index in [0.29, 0.717) is 0 Å². The molecule has 1 aliphatic heterocycles. The number of rotatable bonds is 3. The number of hydrogen-bond acceptors (Lipinski definition) is 5. The van der Waals surface area contributed by atoms with E-state index in [-0.39, 0.29) is 17.9 Å². The maximum atomic E-state index is 11.9. The summed E-state index contributed by atoms with van der Waals surface area (Å²) >= 11 is 0. The normalized spacial score (nSPS) is 15.7. The van der Waals surface area contributed by atoms with Crippen LogP contribution in [0.2, 0.25) is 0 Å². The molecule has 1 aliphatic rings. The molecule has 0 aromatic carbocycles. The molecule has 0 unspecified atom stereocenters. The smallest absolute Gasteiger partial charge is 0.225 e. The van der Waals surface area contributed by atoms with Gasteiger partial charge in [-0.3, -0.25) is 4.79 Å². The van der Waals surface area contributed by atoms with Crippen LogP contribution in [0.15, 0.2) is 18.5 Å². The van der Waals surface area contributed by atoms with Crippen molar-refractivity contribution in [3.8, 4) is 0 Å². The summed E-state index contributed by atoms with van der Waals surface area (Å²) in [5.74, 6) is 1.12. The molecular formula is C13H18N6O. The minimum absolute atomic E-state index is 0.0422. The largest absolute Gasteiger partial charge is 0.351 e. The van der Waals surface area contributed by atoms with E-state index in [9.17, 15) is 4.79 Å². The maximum Gasteiger partial charge on any atom is 0.225 e. The Labute approximate surface area is 117 Å². The molecule has 7 nitrogen and oxygen atoms in total. The topological polar surface area (TPSA) is 66.6 Å². The number of carbonyl (C=O) groups excluding carboxylic acids is 1. The van der Waals surface area contributed by atoms with E-state index in [1.807, 2.05) is 37.9 Å². The first-order valence-corrected chi connectivity index (χ1v) is 6.75. The van der Waals surface area contributed by atoms with Gasteiger partial charge < -0.3 is 9.80 Å². The van der Waals surface area contributed by atoms with Crippen molar-refractivity contribution in [1.82, 2.24) is 24.7 Å². The first-order chi connectivity index (χ1) is 9.56. The van der Waals surface area contributed by atoms with Gasteiger partial charge in [0.25, 0.3) is 0 Å². The molecule has 3 rings (SSSR count). The van der Waals surface area contributed by atoms with Gasteiger partial charge in [-0.2, -0.15) is 4.52 Å². The maximum absolute atomic E-state index is 11.9. The molecule has 2 aromatic heterocycles. The molecule has 106 valence electrons. The lowest BCUT2D eigenvalue weighted by molar-refractivity contribution is -0.135. The van der Waals surface area contributed by atoms with E-state index in [0.717, 1.165) is 24.6 Å². The zero-order valence-electron chi connectivity index (χ0n) is 11.9. The molecule has 1 fully saturated rings. The van der Waals surface area contributed by atoms with Crippen molar-refractivity contribution in [2.24, 2.45) is 5.92 Å². The SMILES string of the molecule is CC(C)C(=O)N(C)C1CN(c2ccc3nncn3n2)C1. The first kappa shape index (κ1) is 12.8. The van der Waals surface area contributed by atoms with Gasteiger partial charge in [0.05, 0.1) is 6.04 Å². The molecule has 0 saturated carbocycles. The summed E-state index contributed by atoms with van der Waals surface area (Å²) in [5, 5.41) is 12.2. The van der Waals surface area contributed by atoms with Gasteiger partial charge in [-0.05, 0) is 12.1 Å². The minimum atomic E-state index is 0.0422. The third-order valence-electron chi connectivity index (χ3n) is 3.72. The molecule has 1 saturated heterocycles. The van der Waals surface area contributed by atoms with Gasteiger partial charge >= 0.3 is 0 Å². The van der Waals surface area contributed by atoms with Crippen molar-refractivity contribution in [1.29, 1.82) is 0 Å². The number of aromatic nitrogens is 4. The zero-order valence-corrected chi connectivity index (χ0v) is 11.9. The lowest BCUT2D eigenvalue weighted by atomic mass is 10.1. The average Bonchev–Trinajstić information content (AvgIpc) is 2.83. The van der Waals surface area contributed by atoms with Crippen LogP contribution in [-0.4, -0.2) is 56.8 Å². The van der Waals surface area contributed by atoms with Gasteiger partial charge in [-0.25, -0.2) is 0 Å². The van der Waals surface area contributed by atoms with Crippen molar-refractivity contribution in [3.05, 3.63) is 18.5 Å². The van der Waals surface area contributed by atoms with Crippen LogP contribution >= 0.6 is 0 Å². The van der Waals surface area contributed by atoms with Gasteiger partial charge in [-0.1, -0.05) is 13.8 Å². The third-order valence-corrected chi connectivity index (χ3v) is 3.72. The fraction of sp³-hybridized carbons (Fsp3) is 0.538. The molecule has 3 heterocycles. The summed E-state index contributed by atoms with van der Waals surface area (Å²) in [6.45, 7) is 5.48. The predicted octanol–water partition coefficient (Wildman–Crippen LogP) is 0.427. The van der Waals surface area contributed by atoms with Gasteiger partial charge in [0, 0.05) is 26.1 Å². The number of hydrogen-bond donors (Lipinski definition) is 0. The summed E-state index contributed by atoms with van der Waals surface area (Å²) in [6.07, 6.45) is 1.59. The van der Waals surface area contributed by atoms with Crippen LogP contribution in [0, 0.1) is 5.92 Å². The molecule has 0 radical (unpaired) electrons. The molecule has 1 amide bonds. The van der Waals surface area contributed by atoms with E-state index in [2.05, 4.69) is 20.2 Å². The standard InChI is InChI=1S/C13H18N6O/c1-9(2)13(20)17(3)10-6-18(7-10)12-5-4-11-15-14-8-19(11)16-12/h4-5,8-10H,6-7H2,1-3H3. The lowest BCUT2D eigenvalue weighted by Gasteiger charge is -2.44. The predicted molar refractivity (Wildman–Crippen MR) is 74.4 cm³/mol. The van der Waals surface area contributed by atoms with Crippen molar-refractivity contribution in [2.75, 3.05) is 25.0 Å². The summed E-state index contributed by atoms with van der Waals surface area (Å²) < 4.78 is 1.66. The Morgan fingerprint density at radius 1 is 1.40 bits per heavy atom. The molecule has 20 heavy (non-hydrogen) atoms. The number of nitrogens with zero attached hydrogens (tertiary/aromatic N) is 6. The van der Waals surface area contributed by atoms with Crippen molar-refractivity contribution in [3.63, 3.8) is 0 Å². The van der Waals surface area contributed by atoms with Gasteiger partial charge in [0.1, 0.15) is 12.1 Å². The van der Waals surface area contributed by atoms with Crippen LogP contribution in [-0.2, 0) is 4.79 Å². The first-order valence-electron chi connectivity index (χ1n) is 6.75. The summed E-state index contributed by atoms with van der Waals surface area (Å²) in [4.78, 5) is 15.9. The van der Waals surface area contributed by atoms with E-state index in [1.54, 1.807) is 10.8 Å². The Morgan fingerprint density at radius 3 is 2.85 bits per heavy atom. The fourth-order valence-electron chi connectivity index (χ4n) is 2.36. The second kappa shape index (κ2) is 4.73. The highest BCUT2D eigenvalue weighted by Crippen LogP contribution is 2.22. The third kappa shape index (κ3) is 2.09. The van der Waals surface area contributed by atoms with E-state index >= 15 is 0 Å². The highest BCUT2D eigenvalue weighted by atomic mass is 16.2. The van der Waals surface area contributed by atoms with Gasteiger partial charge in [0.2, 0.25) is 5.91 Å². The molecule has 7 heteroatoms. The van der Waals surface area contributed by atoms with Crippen LogP contribution in [0.3, 0.4) is 0 Å². The van der Waals surface area contributed by atoms with E-state index in [1.165, 1.54) is 0 Å². The van der Waals surface area contributed by atoms with Crippen LogP contribution in [0.25, 0.3) is 5.65 Å². The summed E-state index contributed by atoms with van der Waals surface area (Å²) in [6, 6.07) is 4.10. The highest BCUT2D eigenvalue weighted by molar-refractivity contribution is 5.78. The molecule has 0 N–H and O–H groups in total. The number of carbonyl (C=O) groups is 1. The Balaban J connectivity index is 1.66. The number of anilines is 1. The quantitative estimate of drug-likeness (QED) is 0.812. The number of amides is 1. The van der Waals surface area contributed by atoms with Gasteiger partial charge in [-0.15, -0.1) is 15.3 Å². The second-order valence-electron chi connectivity index (χ2n) is 5.49. The Kier molecular flexibility index (Phi) is 3.04. The lowest BCUT2D eigenvalue weighted by Crippen LogP contribution is -2.60. The van der Waals surface area contributed by atoms with Crippen molar-refractivity contribution >= 4 is 17.4 Å². The fourth-order valence-corrected chi connectivity index (χ4v) is 2.36. The molecule has 0 atom stereocenters. The van der Waals surface area contributed by atoms with Gasteiger partial charge in [0.15, 0.2) is 5.65 Å². The molecular weight excluding hydrogens is 256 g/mol. The van der Waals surface area contributed by atoms with Crippen LogP contribution in [0.4, 0.5) is 5.82 Å². The number of likely N-dealkylation sites (N-methyl/N-ethyl adjacent to an activating group) is 1. The second-order valence-corrected chi connectivity index (χ2v) is 5.49. The average molecular weight is 274 g/mol. The Morgan fingerprint density at radius 2 is 2.15 bits per heavy atom. The molecule has 0 spiro atoms. The Bertz CT molecular complexity index is 631. The molecule has 0 aliphatic carbocycles. The summed E-state index contributed by atoms with van der Waals surface area (Å²) in [7, 11) is 1.88. The van der Waals surface area contributed by atoms with Crippen molar-refractivity contribution in [2.45, 2.75) is 19.9 Å². The van der Waals surface area contributed by atoms with Crippen molar-refractivity contribution < 1.29 is 4.79 Å².